The van der Waals surface area contributed by atoms with Gasteiger partial charge in [-0.15, -0.1) is 0 Å². The first-order chi connectivity index (χ1) is 44.1. The highest BCUT2D eigenvalue weighted by atomic mass is 31.2. The summed E-state index contributed by atoms with van der Waals surface area (Å²) in [5.74, 6) is 0.854. The SMILES string of the molecule is CCC(C)CCCCCCCCCCCCCCCCC(=O)O[C@H](COC(=O)CCCCCCCCC(C)C)COP(=O)(O)OC[C@H](O)COP(=O)(O)OC[C@@H](COC(=O)CCCCCCCCCCCCCCCC(C)C)OC(=O)CCCCCCCCC(C)C. The highest BCUT2D eigenvalue weighted by molar-refractivity contribution is 7.47. The molecule has 546 valence electrons. The summed E-state index contributed by atoms with van der Waals surface area (Å²) in [5, 5.41) is 10.6. The van der Waals surface area contributed by atoms with E-state index in [4.69, 9.17) is 37.0 Å². The zero-order valence-corrected chi connectivity index (χ0v) is 62.0. The van der Waals surface area contributed by atoms with Crippen LogP contribution in [0.4, 0.5) is 0 Å². The predicted molar refractivity (Wildman–Crippen MR) is 372 cm³/mol. The van der Waals surface area contributed by atoms with Gasteiger partial charge in [-0.05, 0) is 49.4 Å². The molecular weight excluding hydrogens is 1210 g/mol. The number of hydrogen-bond donors (Lipinski definition) is 3. The van der Waals surface area contributed by atoms with Gasteiger partial charge in [0, 0.05) is 25.7 Å². The van der Waals surface area contributed by atoms with Gasteiger partial charge in [0.1, 0.15) is 19.3 Å². The number of phosphoric acid groups is 2. The number of hydrogen-bond acceptors (Lipinski definition) is 15. The molecule has 0 radical (unpaired) electrons. The quantitative estimate of drug-likeness (QED) is 0.0222. The van der Waals surface area contributed by atoms with Crippen molar-refractivity contribution >= 4 is 39.5 Å². The van der Waals surface area contributed by atoms with Crippen LogP contribution in [0.25, 0.3) is 0 Å². The molecule has 17 nitrogen and oxygen atoms in total. The third kappa shape index (κ3) is 65.4. The lowest BCUT2D eigenvalue weighted by atomic mass is 9.99. The Kier molecular flexibility index (Phi) is 61.3. The largest absolute Gasteiger partial charge is 0.472 e. The number of ether oxygens (including phenoxy) is 4. The Labute approximate surface area is 562 Å². The van der Waals surface area contributed by atoms with E-state index >= 15 is 0 Å². The van der Waals surface area contributed by atoms with Crippen LogP contribution < -0.4 is 0 Å². The summed E-state index contributed by atoms with van der Waals surface area (Å²) in [7, 11) is -9.90. The summed E-state index contributed by atoms with van der Waals surface area (Å²) in [6, 6.07) is 0. The van der Waals surface area contributed by atoms with Crippen molar-refractivity contribution in [3.63, 3.8) is 0 Å². The topological polar surface area (TPSA) is 237 Å². The Bertz CT molecular complexity index is 1820. The van der Waals surface area contributed by atoms with E-state index in [1.165, 1.54) is 161 Å². The van der Waals surface area contributed by atoms with Crippen molar-refractivity contribution in [1.29, 1.82) is 0 Å². The molecule has 0 aromatic carbocycles. The molecule has 0 aliphatic heterocycles. The van der Waals surface area contributed by atoms with Crippen molar-refractivity contribution in [1.82, 2.24) is 0 Å². The number of esters is 4. The average Bonchev–Trinajstić information content (AvgIpc) is 3.59. The molecule has 92 heavy (non-hydrogen) atoms. The van der Waals surface area contributed by atoms with Gasteiger partial charge < -0.3 is 33.8 Å². The van der Waals surface area contributed by atoms with E-state index in [0.29, 0.717) is 37.5 Å². The van der Waals surface area contributed by atoms with E-state index in [-0.39, 0.29) is 25.7 Å². The first kappa shape index (κ1) is 90.1. The number of aliphatic hydroxyl groups excluding tert-OH is 1. The molecule has 3 N–H and O–H groups in total. The maximum absolute atomic E-state index is 13.0. The molecule has 0 aliphatic rings. The average molecular weight is 1350 g/mol. The van der Waals surface area contributed by atoms with Gasteiger partial charge in [-0.3, -0.25) is 37.3 Å². The number of carbonyl (C=O) groups excluding carboxylic acids is 4. The molecule has 0 spiro atoms. The molecule has 0 heterocycles. The minimum atomic E-state index is -4.95. The molecule has 3 unspecified atom stereocenters. The highest BCUT2D eigenvalue weighted by Crippen LogP contribution is 2.45. The Balaban J connectivity index is 5.16. The Hall–Kier alpha value is -1.94. The van der Waals surface area contributed by atoms with E-state index < -0.39 is 97.5 Å². The third-order valence-corrected chi connectivity index (χ3v) is 19.1. The molecule has 0 rings (SSSR count). The van der Waals surface area contributed by atoms with Crippen molar-refractivity contribution in [2.24, 2.45) is 23.7 Å². The van der Waals surface area contributed by atoms with Gasteiger partial charge >= 0.3 is 39.5 Å². The molecule has 19 heteroatoms. The normalized spacial score (nSPS) is 14.5. The summed E-state index contributed by atoms with van der Waals surface area (Å²) in [6.07, 6.45) is 46.1. The number of rotatable bonds is 70. The minimum absolute atomic E-state index is 0.102. The standard InChI is InChI=1S/C73H142O17P2/c1-9-66(8)52-44-36-26-22-18-14-10-11-15-20-24-28-39-47-55-72(77)89-68(60-84-71(76)54-46-38-31-29-34-42-50-64(4)5)61-87-91(79,80)85-57-67(74)58-86-92(81,82)88-62-69(90-73(78)56-48-40-32-30-35-43-51-65(6)7)59-83-70(75)53-45-37-27-23-19-16-12-13-17-21-25-33-41-49-63(2)3/h63-69,74H,9-62H2,1-8H3,(H,79,80)(H,81,82)/t66?,67-,68+,69+/m0/s1. The van der Waals surface area contributed by atoms with Crippen LogP contribution in [0.2, 0.25) is 0 Å². The van der Waals surface area contributed by atoms with Crippen LogP contribution in [-0.2, 0) is 65.4 Å². The van der Waals surface area contributed by atoms with Gasteiger partial charge in [0.05, 0.1) is 26.4 Å². The molecular formula is C73H142O17P2. The van der Waals surface area contributed by atoms with Crippen molar-refractivity contribution < 1.29 is 80.2 Å². The van der Waals surface area contributed by atoms with Crippen LogP contribution in [0.1, 0.15) is 364 Å². The maximum Gasteiger partial charge on any atom is 0.472 e. The first-order valence-electron chi connectivity index (χ1n) is 37.7. The monoisotopic (exact) mass is 1350 g/mol. The Morgan fingerprint density at radius 3 is 0.772 bits per heavy atom. The number of carbonyl (C=O) groups is 4. The van der Waals surface area contributed by atoms with Crippen LogP contribution >= 0.6 is 15.6 Å². The summed E-state index contributed by atoms with van der Waals surface area (Å²) < 4.78 is 68.3. The smallest absolute Gasteiger partial charge is 0.462 e. The van der Waals surface area contributed by atoms with Crippen LogP contribution in [-0.4, -0.2) is 96.7 Å². The third-order valence-electron chi connectivity index (χ3n) is 17.2. The van der Waals surface area contributed by atoms with Crippen molar-refractivity contribution in [3.8, 4) is 0 Å². The molecule has 0 bridgehead atoms. The molecule has 0 aromatic heterocycles. The fourth-order valence-electron chi connectivity index (χ4n) is 11.0. The van der Waals surface area contributed by atoms with E-state index in [1.54, 1.807) is 0 Å². The van der Waals surface area contributed by atoms with Crippen LogP contribution in [0.15, 0.2) is 0 Å². The lowest BCUT2D eigenvalue weighted by molar-refractivity contribution is -0.161. The Morgan fingerprint density at radius 2 is 0.522 bits per heavy atom. The molecule has 6 atom stereocenters. The zero-order valence-electron chi connectivity index (χ0n) is 60.2. The summed E-state index contributed by atoms with van der Waals surface area (Å²) in [6.45, 7) is 14.1. The minimum Gasteiger partial charge on any atom is -0.462 e. The van der Waals surface area contributed by atoms with Gasteiger partial charge in [0.25, 0.3) is 0 Å². The van der Waals surface area contributed by atoms with Crippen molar-refractivity contribution in [3.05, 3.63) is 0 Å². The van der Waals surface area contributed by atoms with Gasteiger partial charge in [0.15, 0.2) is 12.2 Å². The second kappa shape index (κ2) is 62.6. The van der Waals surface area contributed by atoms with E-state index in [2.05, 4.69) is 55.4 Å². The second-order valence-electron chi connectivity index (χ2n) is 28.0. The molecule has 0 aliphatic carbocycles. The van der Waals surface area contributed by atoms with Crippen molar-refractivity contribution in [2.45, 2.75) is 382 Å². The maximum atomic E-state index is 13.0. The Morgan fingerprint density at radius 1 is 0.304 bits per heavy atom. The summed E-state index contributed by atoms with van der Waals surface area (Å²) in [5.41, 5.74) is 0. The van der Waals surface area contributed by atoms with E-state index in [1.807, 2.05) is 0 Å². The summed E-state index contributed by atoms with van der Waals surface area (Å²) >= 11 is 0. The van der Waals surface area contributed by atoms with E-state index in [0.717, 1.165) is 108 Å². The number of aliphatic hydroxyl groups is 1. The van der Waals surface area contributed by atoms with Crippen molar-refractivity contribution in [2.75, 3.05) is 39.6 Å². The number of phosphoric ester groups is 2. The fourth-order valence-corrected chi connectivity index (χ4v) is 12.6. The van der Waals surface area contributed by atoms with Crippen LogP contribution in [0, 0.1) is 23.7 Å². The zero-order chi connectivity index (χ0) is 68.2. The highest BCUT2D eigenvalue weighted by Gasteiger charge is 2.30. The lowest BCUT2D eigenvalue weighted by Crippen LogP contribution is -2.30. The van der Waals surface area contributed by atoms with E-state index in [9.17, 15) is 43.2 Å². The van der Waals surface area contributed by atoms with Gasteiger partial charge in [-0.2, -0.15) is 0 Å². The fraction of sp³-hybridized carbons (Fsp3) is 0.945. The molecule has 0 amide bonds. The summed E-state index contributed by atoms with van der Waals surface area (Å²) in [4.78, 5) is 72.6. The van der Waals surface area contributed by atoms with Gasteiger partial charge in [-0.1, -0.05) is 312 Å². The van der Waals surface area contributed by atoms with Crippen LogP contribution in [0.3, 0.4) is 0 Å². The molecule has 0 saturated heterocycles. The molecule has 0 aromatic rings. The lowest BCUT2D eigenvalue weighted by Gasteiger charge is -2.21. The second-order valence-corrected chi connectivity index (χ2v) is 30.9. The van der Waals surface area contributed by atoms with Gasteiger partial charge in [0.2, 0.25) is 0 Å². The van der Waals surface area contributed by atoms with Gasteiger partial charge in [-0.25, -0.2) is 9.13 Å². The first-order valence-corrected chi connectivity index (χ1v) is 40.7. The predicted octanol–water partition coefficient (Wildman–Crippen LogP) is 20.9. The van der Waals surface area contributed by atoms with Crippen LogP contribution in [0.5, 0.6) is 0 Å². The molecule has 0 saturated carbocycles. The molecule has 0 fully saturated rings. The number of unbranched alkanes of at least 4 members (excludes halogenated alkanes) is 35.